The van der Waals surface area contributed by atoms with Crippen molar-refractivity contribution in [2.24, 2.45) is 0 Å². The minimum Gasteiger partial charge on any atom is -0.457 e. The van der Waals surface area contributed by atoms with Gasteiger partial charge in [-0.2, -0.15) is 0 Å². The molecule has 0 bridgehead atoms. The Bertz CT molecular complexity index is 298. The fourth-order valence-corrected chi connectivity index (χ4v) is 0.889. The summed E-state index contributed by atoms with van der Waals surface area (Å²) in [6, 6.07) is 0. The van der Waals surface area contributed by atoms with Crippen molar-refractivity contribution in [1.29, 1.82) is 0 Å². The van der Waals surface area contributed by atoms with Crippen LogP contribution in [0.1, 0.15) is 24.5 Å². The van der Waals surface area contributed by atoms with Crippen molar-refractivity contribution < 1.29 is 9.53 Å². The van der Waals surface area contributed by atoms with E-state index in [1.165, 1.54) is 12.4 Å². The van der Waals surface area contributed by atoms with Crippen LogP contribution in [-0.4, -0.2) is 22.0 Å². The van der Waals surface area contributed by atoms with E-state index in [0.717, 1.165) is 4.47 Å². The molecular weight excluding hydrogens is 236 g/mol. The van der Waals surface area contributed by atoms with Gasteiger partial charge in [0.05, 0.1) is 10.6 Å². The van der Waals surface area contributed by atoms with Crippen molar-refractivity contribution in [3.63, 3.8) is 0 Å². The van der Waals surface area contributed by atoms with Gasteiger partial charge in [-0.15, -0.1) is 0 Å². The maximum absolute atomic E-state index is 11.2. The first-order chi connectivity index (χ1) is 6.09. The zero-order valence-corrected chi connectivity index (χ0v) is 8.91. The standard InChI is InChI=1S/C8H9BrN2O2/c1-5(2)13-8(12)7-10-3-6(9)4-11-7/h3-5H,1-2H3. The summed E-state index contributed by atoms with van der Waals surface area (Å²) in [5, 5.41) is 0. The van der Waals surface area contributed by atoms with Gasteiger partial charge in [0.1, 0.15) is 0 Å². The van der Waals surface area contributed by atoms with Crippen LogP contribution in [0.25, 0.3) is 0 Å². The van der Waals surface area contributed by atoms with Crippen LogP contribution in [0.4, 0.5) is 0 Å². The topological polar surface area (TPSA) is 52.1 Å². The molecule has 0 aliphatic heterocycles. The van der Waals surface area contributed by atoms with E-state index in [-0.39, 0.29) is 11.9 Å². The van der Waals surface area contributed by atoms with Crippen molar-refractivity contribution >= 4 is 21.9 Å². The van der Waals surface area contributed by atoms with E-state index in [1.54, 1.807) is 13.8 Å². The average Bonchev–Trinajstić information content (AvgIpc) is 2.04. The van der Waals surface area contributed by atoms with Crippen LogP contribution in [0.5, 0.6) is 0 Å². The average molecular weight is 245 g/mol. The highest BCUT2D eigenvalue weighted by Crippen LogP contribution is 2.05. The number of hydrogen-bond donors (Lipinski definition) is 0. The number of carbonyl (C=O) groups excluding carboxylic acids is 1. The number of ether oxygens (including phenoxy) is 1. The zero-order valence-electron chi connectivity index (χ0n) is 7.32. The summed E-state index contributed by atoms with van der Waals surface area (Å²) in [5.41, 5.74) is 0. The van der Waals surface area contributed by atoms with Crippen LogP contribution >= 0.6 is 15.9 Å². The van der Waals surface area contributed by atoms with Gasteiger partial charge in [-0.25, -0.2) is 14.8 Å². The van der Waals surface area contributed by atoms with E-state index in [4.69, 9.17) is 4.74 Å². The molecule has 70 valence electrons. The Morgan fingerprint density at radius 2 is 2.00 bits per heavy atom. The van der Waals surface area contributed by atoms with E-state index in [1.807, 2.05) is 0 Å². The molecule has 0 unspecified atom stereocenters. The highest BCUT2D eigenvalue weighted by Gasteiger charge is 2.11. The highest BCUT2D eigenvalue weighted by molar-refractivity contribution is 9.10. The molecule has 1 aromatic rings. The summed E-state index contributed by atoms with van der Waals surface area (Å²) in [5.74, 6) is -0.417. The number of rotatable bonds is 2. The molecule has 0 radical (unpaired) electrons. The summed E-state index contributed by atoms with van der Waals surface area (Å²) in [4.78, 5) is 18.8. The Labute approximate surface area is 84.5 Å². The number of aromatic nitrogens is 2. The third-order valence-corrected chi connectivity index (χ3v) is 1.56. The lowest BCUT2D eigenvalue weighted by Crippen LogP contribution is -2.14. The molecular formula is C8H9BrN2O2. The second-order valence-corrected chi connectivity index (χ2v) is 3.59. The summed E-state index contributed by atoms with van der Waals surface area (Å²) < 4.78 is 5.63. The second kappa shape index (κ2) is 4.32. The minimum absolute atomic E-state index is 0.0805. The second-order valence-electron chi connectivity index (χ2n) is 2.68. The normalized spacial score (nSPS) is 10.2. The van der Waals surface area contributed by atoms with Gasteiger partial charge in [0.2, 0.25) is 5.82 Å². The van der Waals surface area contributed by atoms with Crippen LogP contribution in [0.2, 0.25) is 0 Å². The molecule has 0 aliphatic carbocycles. The first-order valence-electron chi connectivity index (χ1n) is 3.78. The third-order valence-electron chi connectivity index (χ3n) is 1.15. The van der Waals surface area contributed by atoms with Crippen LogP contribution < -0.4 is 0 Å². The number of nitrogens with zero attached hydrogens (tertiary/aromatic N) is 2. The van der Waals surface area contributed by atoms with Crippen LogP contribution in [-0.2, 0) is 4.74 Å². The lowest BCUT2D eigenvalue weighted by atomic mass is 10.5. The van der Waals surface area contributed by atoms with Crippen molar-refractivity contribution in [3.05, 3.63) is 22.7 Å². The molecule has 5 heteroatoms. The van der Waals surface area contributed by atoms with Crippen molar-refractivity contribution in [2.75, 3.05) is 0 Å². The molecule has 1 heterocycles. The van der Waals surface area contributed by atoms with Gasteiger partial charge in [-0.3, -0.25) is 0 Å². The molecule has 0 aliphatic rings. The molecule has 13 heavy (non-hydrogen) atoms. The van der Waals surface area contributed by atoms with Gasteiger partial charge in [0, 0.05) is 12.4 Å². The molecule has 0 amide bonds. The third kappa shape index (κ3) is 3.10. The van der Waals surface area contributed by atoms with Crippen molar-refractivity contribution in [2.45, 2.75) is 20.0 Å². The molecule has 0 atom stereocenters. The summed E-state index contributed by atoms with van der Waals surface area (Å²) in [6.07, 6.45) is 2.85. The molecule has 0 saturated carbocycles. The molecule has 0 spiro atoms. The van der Waals surface area contributed by atoms with E-state index >= 15 is 0 Å². The Morgan fingerprint density at radius 1 is 1.46 bits per heavy atom. The quantitative estimate of drug-likeness (QED) is 0.745. The molecule has 0 aromatic carbocycles. The largest absolute Gasteiger partial charge is 0.457 e. The monoisotopic (exact) mass is 244 g/mol. The zero-order chi connectivity index (χ0) is 9.84. The maximum atomic E-state index is 11.2. The first kappa shape index (κ1) is 10.1. The molecule has 0 N–H and O–H groups in total. The van der Waals surface area contributed by atoms with Crippen LogP contribution in [0.3, 0.4) is 0 Å². The summed E-state index contributed by atoms with van der Waals surface area (Å²) >= 11 is 3.17. The van der Waals surface area contributed by atoms with E-state index in [9.17, 15) is 4.79 Å². The Balaban J connectivity index is 2.72. The van der Waals surface area contributed by atoms with Gasteiger partial charge in [0.25, 0.3) is 0 Å². The lowest BCUT2D eigenvalue weighted by molar-refractivity contribution is 0.0363. The van der Waals surface area contributed by atoms with E-state index in [0.29, 0.717) is 0 Å². The van der Waals surface area contributed by atoms with E-state index < -0.39 is 5.97 Å². The van der Waals surface area contributed by atoms with Crippen molar-refractivity contribution in [3.8, 4) is 0 Å². The van der Waals surface area contributed by atoms with Gasteiger partial charge in [-0.1, -0.05) is 0 Å². The van der Waals surface area contributed by atoms with Gasteiger partial charge in [-0.05, 0) is 29.8 Å². The number of esters is 1. The fraction of sp³-hybridized carbons (Fsp3) is 0.375. The summed E-state index contributed by atoms with van der Waals surface area (Å²) in [6.45, 7) is 3.55. The number of halogens is 1. The Hall–Kier alpha value is -0.970. The highest BCUT2D eigenvalue weighted by atomic mass is 79.9. The number of hydrogen-bond acceptors (Lipinski definition) is 4. The molecule has 0 fully saturated rings. The first-order valence-corrected chi connectivity index (χ1v) is 4.57. The van der Waals surface area contributed by atoms with Gasteiger partial charge < -0.3 is 4.74 Å². The predicted octanol–water partition coefficient (Wildman–Crippen LogP) is 1.80. The number of carbonyl (C=O) groups is 1. The lowest BCUT2D eigenvalue weighted by Gasteiger charge is -2.05. The molecule has 1 aromatic heterocycles. The SMILES string of the molecule is CC(C)OC(=O)c1ncc(Br)cn1. The van der Waals surface area contributed by atoms with Gasteiger partial charge in [0.15, 0.2) is 0 Å². The molecule has 4 nitrogen and oxygen atoms in total. The Morgan fingerprint density at radius 3 is 2.46 bits per heavy atom. The minimum atomic E-state index is -0.498. The molecule has 0 saturated heterocycles. The van der Waals surface area contributed by atoms with Crippen LogP contribution in [0.15, 0.2) is 16.9 Å². The smallest absolute Gasteiger partial charge is 0.376 e. The van der Waals surface area contributed by atoms with Gasteiger partial charge >= 0.3 is 5.97 Å². The maximum Gasteiger partial charge on any atom is 0.376 e. The Kier molecular flexibility index (Phi) is 3.36. The van der Waals surface area contributed by atoms with Crippen molar-refractivity contribution in [1.82, 2.24) is 9.97 Å². The van der Waals surface area contributed by atoms with E-state index in [2.05, 4.69) is 25.9 Å². The van der Waals surface area contributed by atoms with Crippen LogP contribution in [0, 0.1) is 0 Å². The predicted molar refractivity (Wildman–Crippen MR) is 50.3 cm³/mol. The molecule has 1 rings (SSSR count). The summed E-state index contributed by atoms with van der Waals surface area (Å²) in [7, 11) is 0. The fourth-order valence-electron chi connectivity index (χ4n) is 0.684.